The van der Waals surface area contributed by atoms with Crippen LogP contribution in [0, 0.1) is 5.92 Å². The van der Waals surface area contributed by atoms with Crippen LogP contribution in [0.15, 0.2) is 0 Å². The topological polar surface area (TPSA) is 77.8 Å². The van der Waals surface area contributed by atoms with Crippen LogP contribution < -0.4 is 0 Å². The van der Waals surface area contributed by atoms with Crippen LogP contribution in [0.25, 0.3) is 0 Å². The molecule has 1 amide bonds. The molecule has 108 valence electrons. The van der Waals surface area contributed by atoms with Crippen LogP contribution in [0.2, 0.25) is 0 Å². The van der Waals surface area contributed by atoms with Gasteiger partial charge in [-0.1, -0.05) is 25.7 Å². The van der Waals surface area contributed by atoms with E-state index in [1.807, 2.05) is 0 Å². The number of hydrogen-bond acceptors (Lipinski definition) is 3. The number of aliphatic hydroxyl groups excluding tert-OH is 1. The SMILES string of the molecule is O=C(O)[C@@H]1C[C@@H](O)CN1C(=O)CC1CCCCCC1. The Morgan fingerprint density at radius 3 is 2.32 bits per heavy atom. The summed E-state index contributed by atoms with van der Waals surface area (Å²) in [6.07, 6.45) is 6.86. The van der Waals surface area contributed by atoms with Crippen molar-refractivity contribution in [1.29, 1.82) is 0 Å². The first kappa shape index (κ1) is 14.3. The molecular formula is C14H23NO4. The minimum atomic E-state index is -1.01. The third-order valence-electron chi connectivity index (χ3n) is 4.32. The van der Waals surface area contributed by atoms with Gasteiger partial charge in [0.15, 0.2) is 0 Å². The molecule has 1 aliphatic heterocycles. The third-order valence-corrected chi connectivity index (χ3v) is 4.32. The van der Waals surface area contributed by atoms with Crippen molar-refractivity contribution in [2.75, 3.05) is 6.54 Å². The fraction of sp³-hybridized carbons (Fsp3) is 0.857. The normalized spacial score (nSPS) is 29.2. The van der Waals surface area contributed by atoms with Crippen molar-refractivity contribution in [3.8, 4) is 0 Å². The van der Waals surface area contributed by atoms with Gasteiger partial charge in [0.05, 0.1) is 6.10 Å². The molecule has 0 radical (unpaired) electrons. The van der Waals surface area contributed by atoms with Crippen molar-refractivity contribution in [2.24, 2.45) is 5.92 Å². The summed E-state index contributed by atoms with van der Waals surface area (Å²) in [6, 6.07) is -0.840. The maximum Gasteiger partial charge on any atom is 0.326 e. The van der Waals surface area contributed by atoms with Crippen molar-refractivity contribution >= 4 is 11.9 Å². The number of β-amino-alcohol motifs (C(OH)–C–C–N with tert-alkyl or cyclic N) is 1. The fourth-order valence-corrected chi connectivity index (χ4v) is 3.26. The molecule has 19 heavy (non-hydrogen) atoms. The number of carboxylic acids is 1. The van der Waals surface area contributed by atoms with Gasteiger partial charge in [-0.15, -0.1) is 0 Å². The van der Waals surface area contributed by atoms with E-state index in [9.17, 15) is 14.7 Å². The summed E-state index contributed by atoms with van der Waals surface area (Å²) < 4.78 is 0. The van der Waals surface area contributed by atoms with Crippen molar-refractivity contribution in [3.05, 3.63) is 0 Å². The van der Waals surface area contributed by atoms with Gasteiger partial charge in [0.25, 0.3) is 0 Å². The smallest absolute Gasteiger partial charge is 0.326 e. The Balaban J connectivity index is 1.92. The Kier molecular flexibility index (Phi) is 4.80. The quantitative estimate of drug-likeness (QED) is 0.759. The molecule has 0 aromatic rings. The zero-order chi connectivity index (χ0) is 13.8. The van der Waals surface area contributed by atoms with Gasteiger partial charge in [0.1, 0.15) is 6.04 Å². The molecule has 5 heteroatoms. The molecule has 2 atom stereocenters. The first-order chi connectivity index (χ1) is 9.08. The molecule has 0 aromatic heterocycles. The summed E-state index contributed by atoms with van der Waals surface area (Å²) in [5.41, 5.74) is 0. The van der Waals surface area contributed by atoms with E-state index in [2.05, 4.69) is 0 Å². The largest absolute Gasteiger partial charge is 0.480 e. The van der Waals surface area contributed by atoms with E-state index in [0.29, 0.717) is 12.3 Å². The number of likely N-dealkylation sites (tertiary alicyclic amines) is 1. The van der Waals surface area contributed by atoms with Crippen LogP contribution in [-0.4, -0.2) is 45.7 Å². The summed E-state index contributed by atoms with van der Waals surface area (Å²) in [7, 11) is 0. The summed E-state index contributed by atoms with van der Waals surface area (Å²) >= 11 is 0. The fourth-order valence-electron chi connectivity index (χ4n) is 3.26. The molecule has 1 aliphatic carbocycles. The summed E-state index contributed by atoms with van der Waals surface area (Å²) in [4.78, 5) is 24.7. The second-order valence-corrected chi connectivity index (χ2v) is 5.85. The minimum Gasteiger partial charge on any atom is -0.480 e. The Hall–Kier alpha value is -1.10. The summed E-state index contributed by atoms with van der Waals surface area (Å²) in [5.74, 6) is -0.719. The lowest BCUT2D eigenvalue weighted by molar-refractivity contribution is -0.148. The van der Waals surface area contributed by atoms with Crippen molar-refractivity contribution in [2.45, 2.75) is 63.5 Å². The highest BCUT2D eigenvalue weighted by atomic mass is 16.4. The molecule has 1 saturated carbocycles. The zero-order valence-electron chi connectivity index (χ0n) is 11.3. The Labute approximate surface area is 113 Å². The van der Waals surface area contributed by atoms with Crippen LogP contribution in [0.4, 0.5) is 0 Å². The second-order valence-electron chi connectivity index (χ2n) is 5.85. The molecule has 2 rings (SSSR count). The van der Waals surface area contributed by atoms with Gasteiger partial charge in [-0.3, -0.25) is 4.79 Å². The van der Waals surface area contributed by atoms with Crippen LogP contribution in [0.5, 0.6) is 0 Å². The number of amides is 1. The maximum atomic E-state index is 12.2. The van der Waals surface area contributed by atoms with Crippen LogP contribution in [-0.2, 0) is 9.59 Å². The Morgan fingerprint density at radius 2 is 1.74 bits per heavy atom. The number of carbonyl (C=O) groups excluding carboxylic acids is 1. The number of aliphatic hydroxyl groups is 1. The monoisotopic (exact) mass is 269 g/mol. The highest BCUT2D eigenvalue weighted by molar-refractivity contribution is 5.84. The summed E-state index contributed by atoms with van der Waals surface area (Å²) in [6.45, 7) is 0.169. The van der Waals surface area contributed by atoms with Gasteiger partial charge >= 0.3 is 5.97 Å². The Morgan fingerprint density at radius 1 is 1.11 bits per heavy atom. The van der Waals surface area contributed by atoms with Crippen LogP contribution in [0.1, 0.15) is 51.4 Å². The number of aliphatic carboxylic acids is 1. The lowest BCUT2D eigenvalue weighted by Gasteiger charge is -2.23. The maximum absolute atomic E-state index is 12.2. The second kappa shape index (κ2) is 6.37. The average Bonchev–Trinajstić information content (AvgIpc) is 2.58. The van der Waals surface area contributed by atoms with E-state index < -0.39 is 18.1 Å². The number of carbonyl (C=O) groups is 2. The summed E-state index contributed by atoms with van der Waals surface area (Å²) in [5, 5.41) is 18.7. The third kappa shape index (κ3) is 3.69. The molecule has 0 unspecified atom stereocenters. The lowest BCUT2D eigenvalue weighted by Crippen LogP contribution is -2.41. The number of carboxylic acid groups (broad SMARTS) is 1. The number of rotatable bonds is 3. The van der Waals surface area contributed by atoms with Crippen molar-refractivity contribution in [1.82, 2.24) is 4.90 Å². The average molecular weight is 269 g/mol. The predicted octanol–water partition coefficient (Wildman–Crippen LogP) is 1.39. The molecule has 0 bridgehead atoms. The highest BCUT2D eigenvalue weighted by Gasteiger charge is 2.39. The van der Waals surface area contributed by atoms with E-state index in [4.69, 9.17) is 5.11 Å². The lowest BCUT2D eigenvalue weighted by atomic mass is 9.96. The zero-order valence-corrected chi connectivity index (χ0v) is 11.3. The van der Waals surface area contributed by atoms with E-state index in [1.54, 1.807) is 0 Å². The van der Waals surface area contributed by atoms with Gasteiger partial charge in [0.2, 0.25) is 5.91 Å². The molecule has 0 aromatic carbocycles. The van der Waals surface area contributed by atoms with E-state index in [1.165, 1.54) is 30.6 Å². The predicted molar refractivity (Wildman–Crippen MR) is 69.6 cm³/mol. The van der Waals surface area contributed by atoms with Crippen molar-refractivity contribution < 1.29 is 19.8 Å². The van der Waals surface area contributed by atoms with Gasteiger partial charge < -0.3 is 15.1 Å². The van der Waals surface area contributed by atoms with Crippen LogP contribution >= 0.6 is 0 Å². The first-order valence-corrected chi connectivity index (χ1v) is 7.28. The number of nitrogens with zero attached hydrogens (tertiary/aromatic N) is 1. The first-order valence-electron chi connectivity index (χ1n) is 7.28. The molecule has 1 heterocycles. The van der Waals surface area contributed by atoms with E-state index in [0.717, 1.165) is 12.8 Å². The molecule has 2 aliphatic rings. The molecule has 1 saturated heterocycles. The van der Waals surface area contributed by atoms with Crippen molar-refractivity contribution in [3.63, 3.8) is 0 Å². The van der Waals surface area contributed by atoms with Gasteiger partial charge in [-0.05, 0) is 18.8 Å². The standard InChI is InChI=1S/C14H23NO4/c16-11-8-12(14(18)19)15(9-11)13(17)7-10-5-3-1-2-4-6-10/h10-12,16H,1-9H2,(H,18,19)/t11-,12+/m1/s1. The van der Waals surface area contributed by atoms with Gasteiger partial charge in [0, 0.05) is 19.4 Å². The molecule has 2 N–H and O–H groups in total. The Bertz CT molecular complexity index is 336. The van der Waals surface area contributed by atoms with Gasteiger partial charge in [-0.2, -0.15) is 0 Å². The molecular weight excluding hydrogens is 246 g/mol. The molecule has 5 nitrogen and oxygen atoms in total. The highest BCUT2D eigenvalue weighted by Crippen LogP contribution is 2.28. The molecule has 2 fully saturated rings. The van der Waals surface area contributed by atoms with E-state index >= 15 is 0 Å². The van der Waals surface area contributed by atoms with E-state index in [-0.39, 0.29) is 18.9 Å². The van der Waals surface area contributed by atoms with Crippen LogP contribution in [0.3, 0.4) is 0 Å². The minimum absolute atomic E-state index is 0.101. The number of hydrogen-bond donors (Lipinski definition) is 2. The van der Waals surface area contributed by atoms with Gasteiger partial charge in [-0.25, -0.2) is 4.79 Å². The molecule has 0 spiro atoms.